The van der Waals surface area contributed by atoms with Crippen LogP contribution in [0.1, 0.15) is 31.3 Å². The fourth-order valence-corrected chi connectivity index (χ4v) is 1.99. The van der Waals surface area contributed by atoms with Crippen molar-refractivity contribution in [2.24, 2.45) is 0 Å². The van der Waals surface area contributed by atoms with Crippen LogP contribution in [-0.2, 0) is 11.3 Å². The van der Waals surface area contributed by atoms with Crippen molar-refractivity contribution in [2.45, 2.75) is 39.0 Å². The van der Waals surface area contributed by atoms with Crippen LogP contribution in [0.3, 0.4) is 0 Å². The highest BCUT2D eigenvalue weighted by atomic mass is 19.4. The topological polar surface area (TPSA) is 62.5 Å². The van der Waals surface area contributed by atoms with E-state index in [0.717, 1.165) is 15.7 Å². The molecule has 0 atom stereocenters. The van der Waals surface area contributed by atoms with Crippen LogP contribution in [0, 0.1) is 0 Å². The molecule has 118 valence electrons. The Balaban J connectivity index is 3.13. The van der Waals surface area contributed by atoms with E-state index in [1.807, 2.05) is 0 Å². The molecule has 1 heterocycles. The predicted octanol–water partition coefficient (Wildman–Crippen LogP) is 2.38. The summed E-state index contributed by atoms with van der Waals surface area (Å²) >= 11 is 0. The van der Waals surface area contributed by atoms with Gasteiger partial charge in [0.2, 0.25) is 0 Å². The van der Waals surface area contributed by atoms with Crippen molar-refractivity contribution in [1.82, 2.24) is 9.47 Å². The summed E-state index contributed by atoms with van der Waals surface area (Å²) in [5.74, 6) is -1.98. The number of carboxylic acids is 1. The molecule has 0 saturated carbocycles. The minimum atomic E-state index is -4.46. The van der Waals surface area contributed by atoms with E-state index in [4.69, 9.17) is 5.11 Å². The van der Waals surface area contributed by atoms with Crippen LogP contribution in [0.25, 0.3) is 0 Å². The van der Waals surface area contributed by atoms with E-state index in [1.54, 1.807) is 6.92 Å². The molecule has 1 aromatic heterocycles. The number of rotatable bonds is 5. The van der Waals surface area contributed by atoms with Crippen LogP contribution < -0.4 is 0 Å². The Bertz CT molecular complexity index is 535. The van der Waals surface area contributed by atoms with Crippen molar-refractivity contribution in [3.8, 4) is 0 Å². The largest absolute Gasteiger partial charge is 0.480 e. The molecule has 1 amide bonds. The van der Waals surface area contributed by atoms with E-state index < -0.39 is 30.1 Å². The van der Waals surface area contributed by atoms with Crippen molar-refractivity contribution in [3.63, 3.8) is 0 Å². The molecule has 0 bridgehead atoms. The van der Waals surface area contributed by atoms with Gasteiger partial charge in [-0.2, -0.15) is 13.2 Å². The fourth-order valence-electron chi connectivity index (χ4n) is 1.99. The molecule has 1 N–H and O–H groups in total. The molecule has 21 heavy (non-hydrogen) atoms. The Labute approximate surface area is 120 Å². The van der Waals surface area contributed by atoms with E-state index in [9.17, 15) is 22.8 Å². The molecule has 1 aromatic rings. The average Bonchev–Trinajstić information content (AvgIpc) is 2.74. The number of carboxylic acid groups (broad SMARTS) is 1. The molecule has 1 rings (SSSR count). The first-order chi connectivity index (χ1) is 9.50. The number of likely N-dealkylation sites (N-methyl/N-ethyl adjacent to an activating group) is 1. The third-order valence-electron chi connectivity index (χ3n) is 3.16. The number of amides is 1. The zero-order valence-electron chi connectivity index (χ0n) is 11.9. The molecule has 0 aliphatic carbocycles. The second kappa shape index (κ2) is 5.79. The summed E-state index contributed by atoms with van der Waals surface area (Å²) in [5.41, 5.74) is -1.71. The molecule has 0 fully saturated rings. The number of halogens is 3. The number of aromatic nitrogens is 1. The molecular formula is C13H17F3N2O3. The zero-order valence-corrected chi connectivity index (χ0v) is 11.9. The Kier molecular flexibility index (Phi) is 4.70. The van der Waals surface area contributed by atoms with Crippen LogP contribution in [0.15, 0.2) is 18.3 Å². The SMILES string of the molecule is CCN(C(=O)c1cccn1CC(F)(F)F)C(C)(C)C(=O)O. The standard InChI is InChI=1S/C13H17F3N2O3/c1-4-18(12(2,3)11(20)21)10(19)9-6-5-7-17(9)8-13(14,15)16/h5-7H,4,8H2,1-3H3,(H,20,21). The molecule has 0 unspecified atom stereocenters. The highest BCUT2D eigenvalue weighted by Gasteiger charge is 2.38. The first-order valence-electron chi connectivity index (χ1n) is 6.28. The van der Waals surface area contributed by atoms with Crippen LogP contribution in [0.4, 0.5) is 13.2 Å². The van der Waals surface area contributed by atoms with Gasteiger partial charge in [-0.25, -0.2) is 4.79 Å². The Morgan fingerprint density at radius 1 is 1.33 bits per heavy atom. The summed E-state index contributed by atoms with van der Waals surface area (Å²) < 4.78 is 38.2. The molecule has 5 nitrogen and oxygen atoms in total. The summed E-state index contributed by atoms with van der Waals surface area (Å²) in [7, 11) is 0. The van der Waals surface area contributed by atoms with Crippen LogP contribution >= 0.6 is 0 Å². The van der Waals surface area contributed by atoms with E-state index in [1.165, 1.54) is 26.0 Å². The van der Waals surface area contributed by atoms with Crippen LogP contribution in [0.5, 0.6) is 0 Å². The van der Waals surface area contributed by atoms with Crippen molar-refractivity contribution < 1.29 is 27.9 Å². The number of hydrogen-bond donors (Lipinski definition) is 1. The Hall–Kier alpha value is -1.99. The Morgan fingerprint density at radius 2 is 1.90 bits per heavy atom. The van der Waals surface area contributed by atoms with Gasteiger partial charge in [0.15, 0.2) is 0 Å². The lowest BCUT2D eigenvalue weighted by molar-refractivity contribution is -0.148. The summed E-state index contributed by atoms with van der Waals surface area (Å²) in [6.07, 6.45) is -3.32. The second-order valence-corrected chi connectivity index (χ2v) is 5.05. The second-order valence-electron chi connectivity index (χ2n) is 5.05. The molecule has 0 aliphatic heterocycles. The van der Waals surface area contributed by atoms with Gasteiger partial charge in [0, 0.05) is 12.7 Å². The summed E-state index contributed by atoms with van der Waals surface area (Å²) in [5, 5.41) is 9.16. The monoisotopic (exact) mass is 306 g/mol. The summed E-state index contributed by atoms with van der Waals surface area (Å²) in [6.45, 7) is 2.99. The van der Waals surface area contributed by atoms with Gasteiger partial charge in [-0.15, -0.1) is 0 Å². The Morgan fingerprint density at radius 3 is 2.33 bits per heavy atom. The smallest absolute Gasteiger partial charge is 0.406 e. The van der Waals surface area contributed by atoms with Gasteiger partial charge in [-0.3, -0.25) is 4.79 Å². The number of hydrogen-bond acceptors (Lipinski definition) is 2. The quantitative estimate of drug-likeness (QED) is 0.908. The minimum absolute atomic E-state index is 0.0648. The number of carbonyl (C=O) groups is 2. The number of carbonyl (C=O) groups excluding carboxylic acids is 1. The van der Waals surface area contributed by atoms with E-state index in [-0.39, 0.29) is 12.2 Å². The van der Waals surface area contributed by atoms with Gasteiger partial charge in [0.25, 0.3) is 5.91 Å². The van der Waals surface area contributed by atoms with E-state index in [2.05, 4.69) is 0 Å². The zero-order chi connectivity index (χ0) is 16.4. The molecule has 0 aliphatic rings. The van der Waals surface area contributed by atoms with E-state index in [0.29, 0.717) is 0 Å². The summed E-state index contributed by atoms with van der Waals surface area (Å²) in [6, 6.07) is 2.56. The van der Waals surface area contributed by atoms with Crippen molar-refractivity contribution in [3.05, 3.63) is 24.0 Å². The third kappa shape index (κ3) is 3.77. The number of aliphatic carboxylic acids is 1. The maximum atomic E-state index is 12.5. The maximum absolute atomic E-state index is 12.5. The van der Waals surface area contributed by atoms with Gasteiger partial charge >= 0.3 is 12.1 Å². The first-order valence-corrected chi connectivity index (χ1v) is 6.28. The van der Waals surface area contributed by atoms with Gasteiger partial charge in [0.05, 0.1) is 0 Å². The van der Waals surface area contributed by atoms with Gasteiger partial charge in [0.1, 0.15) is 17.8 Å². The van der Waals surface area contributed by atoms with Gasteiger partial charge in [-0.05, 0) is 32.9 Å². The fraction of sp³-hybridized carbons (Fsp3) is 0.538. The van der Waals surface area contributed by atoms with Crippen LogP contribution in [0.2, 0.25) is 0 Å². The molecular weight excluding hydrogens is 289 g/mol. The van der Waals surface area contributed by atoms with E-state index >= 15 is 0 Å². The molecule has 0 saturated heterocycles. The highest BCUT2D eigenvalue weighted by Crippen LogP contribution is 2.22. The van der Waals surface area contributed by atoms with Crippen LogP contribution in [-0.4, -0.2) is 44.7 Å². The lowest BCUT2D eigenvalue weighted by Gasteiger charge is -2.34. The summed E-state index contributed by atoms with van der Waals surface area (Å²) in [4.78, 5) is 24.6. The first kappa shape index (κ1) is 17.1. The van der Waals surface area contributed by atoms with Crippen molar-refractivity contribution in [2.75, 3.05) is 6.54 Å². The van der Waals surface area contributed by atoms with Crippen molar-refractivity contribution >= 4 is 11.9 Å². The minimum Gasteiger partial charge on any atom is -0.480 e. The maximum Gasteiger partial charge on any atom is 0.406 e. The normalized spacial score (nSPS) is 12.3. The highest BCUT2D eigenvalue weighted by molar-refractivity contribution is 5.96. The van der Waals surface area contributed by atoms with Crippen molar-refractivity contribution in [1.29, 1.82) is 0 Å². The molecule has 8 heteroatoms. The average molecular weight is 306 g/mol. The van der Waals surface area contributed by atoms with Gasteiger partial charge in [-0.1, -0.05) is 0 Å². The molecule has 0 radical (unpaired) electrons. The third-order valence-corrected chi connectivity index (χ3v) is 3.16. The lowest BCUT2D eigenvalue weighted by atomic mass is 10.0. The predicted molar refractivity (Wildman–Crippen MR) is 68.9 cm³/mol. The molecule has 0 spiro atoms. The number of nitrogens with zero attached hydrogens (tertiary/aromatic N) is 2. The molecule has 0 aromatic carbocycles. The lowest BCUT2D eigenvalue weighted by Crippen LogP contribution is -2.53. The number of alkyl halides is 3. The van der Waals surface area contributed by atoms with Gasteiger partial charge < -0.3 is 14.6 Å².